The van der Waals surface area contributed by atoms with Crippen LogP contribution in [-0.4, -0.2) is 152 Å². The number of urea groups is 1. The molecule has 0 spiro atoms. The zero-order valence-electron chi connectivity index (χ0n) is 69.3. The molecule has 0 bridgehead atoms. The van der Waals surface area contributed by atoms with Gasteiger partial charge in [-0.25, -0.2) is 13.9 Å². The Balaban J connectivity index is 5.55. The SMILES string of the molecule is CCCCCCCCCCCCCC(O)NC(COCCC(CCCCCCC)OC(O)CCCCCCCCCCC)COP(=O)(O)OCCNC(=O)NCCOP(=O)(O)OCC(COCCC(CCCCCCC)OC(O)CCCCCCCCCCC)NC(O)CCCCCCCCCCCCC. The van der Waals surface area contributed by atoms with Crippen LogP contribution in [0, 0.1) is 0 Å². The van der Waals surface area contributed by atoms with Crippen molar-refractivity contribution in [1.82, 2.24) is 21.3 Å². The van der Waals surface area contributed by atoms with E-state index in [0.717, 1.165) is 128 Å². The van der Waals surface area contributed by atoms with Gasteiger partial charge in [0.05, 0.1) is 63.9 Å². The van der Waals surface area contributed by atoms with E-state index in [0.29, 0.717) is 51.7 Å². The number of hydrogen-bond donors (Lipinski definition) is 10. The molecule has 10 N–H and O–H groups in total. The topological polar surface area (TPSA) is 295 Å². The Hall–Kier alpha value is -0.910. The number of aliphatic hydroxyl groups excluding tert-OH is 4. The number of nitrogens with one attached hydrogen (secondary N) is 4. The quantitative estimate of drug-likeness (QED) is 0.0154. The van der Waals surface area contributed by atoms with Crippen molar-refractivity contribution in [3.8, 4) is 0 Å². The van der Waals surface area contributed by atoms with Gasteiger partial charge in [0.2, 0.25) is 0 Å². The first-order valence-electron chi connectivity index (χ1n) is 44.5. The third-order valence-electron chi connectivity index (χ3n) is 20.1. The second kappa shape index (κ2) is 79.3. The molecular formula is C83H172N4O17P2. The predicted octanol–water partition coefficient (Wildman–Crippen LogP) is 21.3. The minimum Gasteiger partial charge on any atom is -0.380 e. The third-order valence-corrected chi connectivity index (χ3v) is 22.0. The maximum absolute atomic E-state index is 13.2. The van der Waals surface area contributed by atoms with Gasteiger partial charge >= 0.3 is 21.7 Å². The molecule has 636 valence electrons. The van der Waals surface area contributed by atoms with E-state index >= 15 is 0 Å². The van der Waals surface area contributed by atoms with Crippen molar-refractivity contribution in [3.63, 3.8) is 0 Å². The Morgan fingerprint density at radius 3 is 0.792 bits per heavy atom. The standard InChI is InChI=1S/C83H172N4O17P2/c1-7-13-19-25-29-33-35-39-41-47-53-59-79(88)86-75(71-97-67-63-77(57-51-45-23-17-11-5)103-81(90)61-55-49-43-37-31-27-21-15-9-3)73-101-105(93,94)99-69-65-84-83(92)85-66-70-100-106(95,96)102-74-76(87-80(89)60-54-48-42-40-36-34-30-26-20-14-8-2)72-98-68-64-78(58-52-46-24-18-12-6)104-82(91)62-56-50-44-38-32-28-22-16-10-4/h75-82,86-91H,7-74H2,1-6H3,(H,93,94)(H,95,96)(H2,84,85,92). The summed E-state index contributed by atoms with van der Waals surface area (Å²) in [5, 5.41) is 55.5. The largest absolute Gasteiger partial charge is 0.472 e. The zero-order chi connectivity index (χ0) is 77.8. The van der Waals surface area contributed by atoms with Gasteiger partial charge < -0.3 is 59.8 Å². The number of ether oxygens (including phenoxy) is 4. The van der Waals surface area contributed by atoms with Gasteiger partial charge in [-0.2, -0.15) is 0 Å². The van der Waals surface area contributed by atoms with Crippen molar-refractivity contribution in [1.29, 1.82) is 0 Å². The number of phosphoric ester groups is 2. The molecule has 0 heterocycles. The minimum absolute atomic E-state index is 0.0582. The summed E-state index contributed by atoms with van der Waals surface area (Å²) in [4.78, 5) is 34.3. The summed E-state index contributed by atoms with van der Waals surface area (Å²) in [7, 11) is -9.31. The highest BCUT2D eigenvalue weighted by Crippen LogP contribution is 2.44. The van der Waals surface area contributed by atoms with Crippen molar-refractivity contribution in [2.75, 3.05) is 65.9 Å². The molecule has 0 aromatic heterocycles. The minimum atomic E-state index is -4.66. The summed E-state index contributed by atoms with van der Waals surface area (Å²) in [6.07, 6.45) is 59.8. The number of amides is 2. The van der Waals surface area contributed by atoms with Crippen molar-refractivity contribution in [3.05, 3.63) is 0 Å². The average Bonchev–Trinajstić information content (AvgIpc) is 0.919. The first kappa shape index (κ1) is 105. The van der Waals surface area contributed by atoms with Crippen molar-refractivity contribution in [2.24, 2.45) is 0 Å². The Labute approximate surface area is 650 Å². The molecule has 10 atom stereocenters. The van der Waals surface area contributed by atoms with Crippen LogP contribution in [0.5, 0.6) is 0 Å². The van der Waals surface area contributed by atoms with Crippen LogP contribution in [0.15, 0.2) is 0 Å². The lowest BCUT2D eigenvalue weighted by molar-refractivity contribution is -0.148. The van der Waals surface area contributed by atoms with Crippen molar-refractivity contribution >= 4 is 21.7 Å². The lowest BCUT2D eigenvalue weighted by Gasteiger charge is -2.25. The molecule has 0 aromatic rings. The van der Waals surface area contributed by atoms with Crippen LogP contribution in [0.4, 0.5) is 4.79 Å². The monoisotopic (exact) mass is 1560 g/mol. The number of carbonyl (C=O) groups is 1. The van der Waals surface area contributed by atoms with Crippen LogP contribution in [0.2, 0.25) is 0 Å². The Morgan fingerprint density at radius 2 is 0.528 bits per heavy atom. The second-order valence-electron chi connectivity index (χ2n) is 30.6. The van der Waals surface area contributed by atoms with E-state index in [9.17, 15) is 44.1 Å². The first-order chi connectivity index (χ1) is 51.5. The van der Waals surface area contributed by atoms with E-state index in [1.165, 1.54) is 205 Å². The summed E-state index contributed by atoms with van der Waals surface area (Å²) >= 11 is 0. The van der Waals surface area contributed by atoms with Crippen LogP contribution in [0.3, 0.4) is 0 Å². The second-order valence-corrected chi connectivity index (χ2v) is 33.5. The van der Waals surface area contributed by atoms with Crippen LogP contribution < -0.4 is 21.3 Å². The molecule has 0 radical (unpaired) electrons. The third kappa shape index (κ3) is 75.8. The van der Waals surface area contributed by atoms with Gasteiger partial charge in [0.25, 0.3) is 0 Å². The number of hydrogen-bond acceptors (Lipinski definition) is 17. The molecule has 0 aliphatic rings. The number of aliphatic hydroxyl groups is 4. The summed E-state index contributed by atoms with van der Waals surface area (Å²) in [6.45, 7) is 12.3. The van der Waals surface area contributed by atoms with Gasteiger partial charge in [0.1, 0.15) is 12.5 Å². The van der Waals surface area contributed by atoms with E-state index in [-0.39, 0.29) is 64.9 Å². The van der Waals surface area contributed by atoms with Crippen molar-refractivity contribution < 1.29 is 81.2 Å². The van der Waals surface area contributed by atoms with Crippen LogP contribution in [0.1, 0.15) is 414 Å². The zero-order valence-corrected chi connectivity index (χ0v) is 71.1. The van der Waals surface area contributed by atoms with Gasteiger partial charge in [-0.05, 0) is 77.0 Å². The molecule has 0 rings (SSSR count). The molecular weight excluding hydrogens is 1390 g/mol. The predicted molar refractivity (Wildman–Crippen MR) is 436 cm³/mol. The van der Waals surface area contributed by atoms with E-state index in [4.69, 9.17) is 37.0 Å². The molecule has 0 fully saturated rings. The average molecular weight is 1560 g/mol. The molecule has 23 heteroatoms. The highest BCUT2D eigenvalue weighted by Gasteiger charge is 2.27. The molecule has 2 amide bonds. The molecule has 10 unspecified atom stereocenters. The lowest BCUT2D eigenvalue weighted by atomic mass is 10.0. The fourth-order valence-electron chi connectivity index (χ4n) is 13.4. The van der Waals surface area contributed by atoms with Gasteiger partial charge in [0, 0.05) is 26.3 Å². The highest BCUT2D eigenvalue weighted by atomic mass is 31.2. The first-order valence-corrected chi connectivity index (χ1v) is 47.5. The number of carbonyl (C=O) groups excluding carboxylic acids is 1. The van der Waals surface area contributed by atoms with E-state index < -0.39 is 58.8 Å². The Bertz CT molecular complexity index is 1790. The normalized spacial score (nSPS) is 15.4. The Kier molecular flexibility index (Phi) is 78.6. The van der Waals surface area contributed by atoms with Gasteiger partial charge in [-0.15, -0.1) is 0 Å². The number of unbranched alkanes of at least 4 members (excludes halogenated alkanes) is 44. The fraction of sp³-hybridized carbons (Fsp3) is 0.988. The molecule has 0 saturated heterocycles. The van der Waals surface area contributed by atoms with Crippen molar-refractivity contribution in [2.45, 2.75) is 463 Å². The number of phosphoric acid groups is 2. The summed E-state index contributed by atoms with van der Waals surface area (Å²) in [5.74, 6) is 0. The van der Waals surface area contributed by atoms with E-state index in [1.54, 1.807) is 0 Å². The van der Waals surface area contributed by atoms with E-state index in [2.05, 4.69) is 62.8 Å². The molecule has 0 aliphatic carbocycles. The van der Waals surface area contributed by atoms with Crippen LogP contribution in [-0.2, 0) is 46.2 Å². The van der Waals surface area contributed by atoms with Crippen LogP contribution in [0.25, 0.3) is 0 Å². The van der Waals surface area contributed by atoms with Crippen LogP contribution >= 0.6 is 15.6 Å². The summed E-state index contributed by atoms with van der Waals surface area (Å²) < 4.78 is 72.5. The molecule has 0 saturated carbocycles. The maximum atomic E-state index is 13.2. The fourth-order valence-corrected chi connectivity index (χ4v) is 14.9. The summed E-state index contributed by atoms with van der Waals surface area (Å²) in [5.41, 5.74) is 0. The smallest absolute Gasteiger partial charge is 0.380 e. The van der Waals surface area contributed by atoms with Gasteiger partial charge in [-0.1, -0.05) is 337 Å². The maximum Gasteiger partial charge on any atom is 0.472 e. The highest BCUT2D eigenvalue weighted by molar-refractivity contribution is 7.47. The Morgan fingerprint density at radius 1 is 0.292 bits per heavy atom. The van der Waals surface area contributed by atoms with E-state index in [1.807, 2.05) is 0 Å². The van der Waals surface area contributed by atoms with Gasteiger partial charge in [-0.3, -0.25) is 28.7 Å². The summed E-state index contributed by atoms with van der Waals surface area (Å²) in [6, 6.07) is -2.05. The molecule has 106 heavy (non-hydrogen) atoms. The number of rotatable bonds is 88. The van der Waals surface area contributed by atoms with Gasteiger partial charge in [0.15, 0.2) is 12.6 Å². The lowest BCUT2D eigenvalue weighted by Crippen LogP contribution is -2.44. The molecule has 0 aromatic carbocycles. The molecule has 21 nitrogen and oxygen atoms in total. The molecule has 0 aliphatic heterocycles.